The monoisotopic (exact) mass is 331 g/mol. The van der Waals surface area contributed by atoms with Crippen molar-refractivity contribution >= 4 is 23.0 Å². The van der Waals surface area contributed by atoms with E-state index in [4.69, 9.17) is 4.74 Å². The molecule has 0 fully saturated rings. The van der Waals surface area contributed by atoms with Crippen LogP contribution in [0.2, 0.25) is 0 Å². The van der Waals surface area contributed by atoms with Gasteiger partial charge in [-0.1, -0.05) is 12.1 Å². The maximum atomic E-state index is 9.52. The van der Waals surface area contributed by atoms with E-state index in [1.807, 2.05) is 41.8 Å². The Labute approximate surface area is 143 Å². The Kier molecular flexibility index (Phi) is 3.81. The van der Waals surface area contributed by atoms with Crippen LogP contribution in [0.25, 0.3) is 23.0 Å². The van der Waals surface area contributed by atoms with E-state index in [0.717, 1.165) is 35.7 Å². The fourth-order valence-electron chi connectivity index (χ4n) is 2.63. The van der Waals surface area contributed by atoms with Gasteiger partial charge in [0.15, 0.2) is 0 Å². The molecule has 1 aliphatic heterocycles. The van der Waals surface area contributed by atoms with Crippen LogP contribution in [0.3, 0.4) is 0 Å². The molecule has 0 bridgehead atoms. The minimum atomic E-state index is 0.557. The van der Waals surface area contributed by atoms with E-state index < -0.39 is 0 Å². The maximum Gasteiger partial charge on any atom is 0.134 e. The molecule has 0 N–H and O–H groups in total. The highest BCUT2D eigenvalue weighted by atomic mass is 32.1. The van der Waals surface area contributed by atoms with Crippen LogP contribution in [0.5, 0.6) is 5.75 Å². The van der Waals surface area contributed by atoms with E-state index in [9.17, 15) is 5.26 Å². The third-order valence-electron chi connectivity index (χ3n) is 3.81. The van der Waals surface area contributed by atoms with Crippen LogP contribution in [0.15, 0.2) is 48.0 Å². The number of rotatable bonds is 3. The molecular formula is C19H13N3OS. The Morgan fingerprint density at radius 2 is 2.21 bits per heavy atom. The first-order valence-electron chi connectivity index (χ1n) is 7.58. The summed E-state index contributed by atoms with van der Waals surface area (Å²) in [6.45, 7) is 0.730. The minimum Gasteiger partial charge on any atom is -0.493 e. The van der Waals surface area contributed by atoms with Gasteiger partial charge in [0.05, 0.1) is 17.9 Å². The fraction of sp³-hybridized carbons (Fsp3) is 0.105. The lowest BCUT2D eigenvalue weighted by Crippen LogP contribution is -1.85. The molecule has 0 radical (unpaired) electrons. The van der Waals surface area contributed by atoms with Gasteiger partial charge in [-0.3, -0.25) is 4.98 Å². The van der Waals surface area contributed by atoms with Gasteiger partial charge < -0.3 is 4.74 Å². The van der Waals surface area contributed by atoms with Gasteiger partial charge >= 0.3 is 0 Å². The molecule has 1 aliphatic rings. The molecule has 0 saturated carbocycles. The summed E-state index contributed by atoms with van der Waals surface area (Å²) in [5.41, 5.74) is 4.34. The molecule has 0 atom stereocenters. The van der Waals surface area contributed by atoms with E-state index in [2.05, 4.69) is 22.1 Å². The molecule has 4 rings (SSSR count). The van der Waals surface area contributed by atoms with Crippen molar-refractivity contribution in [3.8, 4) is 23.2 Å². The highest BCUT2D eigenvalue weighted by Crippen LogP contribution is 2.29. The van der Waals surface area contributed by atoms with Crippen molar-refractivity contribution in [1.29, 1.82) is 5.26 Å². The second kappa shape index (κ2) is 6.26. The number of benzene rings is 1. The zero-order valence-corrected chi connectivity index (χ0v) is 13.6. The molecule has 3 aromatic rings. The lowest BCUT2D eigenvalue weighted by atomic mass is 10.1. The van der Waals surface area contributed by atoms with Crippen molar-refractivity contribution in [1.82, 2.24) is 9.97 Å². The van der Waals surface area contributed by atoms with Gasteiger partial charge in [0.1, 0.15) is 22.5 Å². The summed E-state index contributed by atoms with van der Waals surface area (Å²) >= 11 is 1.46. The zero-order valence-electron chi connectivity index (χ0n) is 12.8. The third kappa shape index (κ3) is 2.80. The predicted octanol–water partition coefficient (Wildman–Crippen LogP) is 4.20. The number of thiazole rings is 1. The Hall–Kier alpha value is -2.97. The minimum absolute atomic E-state index is 0.557. The van der Waals surface area contributed by atoms with Crippen LogP contribution in [0.4, 0.5) is 0 Å². The van der Waals surface area contributed by atoms with Crippen molar-refractivity contribution in [2.75, 3.05) is 6.61 Å². The number of hydrogen-bond donors (Lipinski definition) is 0. The Morgan fingerprint density at radius 1 is 1.25 bits per heavy atom. The number of allylic oxidation sites excluding steroid dienone is 1. The molecule has 1 aromatic carbocycles. The van der Waals surface area contributed by atoms with Crippen molar-refractivity contribution in [2.24, 2.45) is 0 Å². The Bertz CT molecular complexity index is 954. The van der Waals surface area contributed by atoms with Gasteiger partial charge in [-0.15, -0.1) is 11.3 Å². The van der Waals surface area contributed by atoms with Gasteiger partial charge in [-0.05, 0) is 41.5 Å². The second-order valence-corrected chi connectivity index (χ2v) is 6.25. The van der Waals surface area contributed by atoms with E-state index in [0.29, 0.717) is 10.6 Å². The lowest BCUT2D eigenvalue weighted by molar-refractivity contribution is 0.357. The van der Waals surface area contributed by atoms with Gasteiger partial charge in [0.2, 0.25) is 0 Å². The first-order valence-corrected chi connectivity index (χ1v) is 8.46. The molecule has 0 unspecified atom stereocenters. The van der Waals surface area contributed by atoms with Gasteiger partial charge in [-0.2, -0.15) is 5.26 Å². The standard InChI is InChI=1S/C19H13N3OS/c20-11-15(10-13-4-5-18-14(9-13)6-8-23-18)19-22-17(12-24-19)16-3-1-2-7-21-16/h1-5,7,9-10,12H,6,8H2. The number of nitrogens with zero attached hydrogens (tertiary/aromatic N) is 3. The Balaban J connectivity index is 1.67. The average Bonchev–Trinajstić information content (AvgIpc) is 3.29. The maximum absolute atomic E-state index is 9.52. The number of nitriles is 1. The van der Waals surface area contributed by atoms with Crippen LogP contribution in [0.1, 0.15) is 16.1 Å². The normalized spacial score (nSPS) is 13.2. The lowest BCUT2D eigenvalue weighted by Gasteiger charge is -2.00. The van der Waals surface area contributed by atoms with Crippen molar-refractivity contribution in [3.05, 3.63) is 64.1 Å². The van der Waals surface area contributed by atoms with Crippen LogP contribution >= 0.6 is 11.3 Å². The summed E-state index contributed by atoms with van der Waals surface area (Å²) < 4.78 is 5.52. The second-order valence-electron chi connectivity index (χ2n) is 5.39. The number of fused-ring (bicyclic) bond motifs is 1. The summed E-state index contributed by atoms with van der Waals surface area (Å²) in [6, 6.07) is 14.0. The highest BCUT2D eigenvalue weighted by Gasteiger charge is 2.13. The summed E-state index contributed by atoms with van der Waals surface area (Å²) in [4.78, 5) is 8.86. The van der Waals surface area contributed by atoms with Crippen LogP contribution in [0, 0.1) is 11.3 Å². The fourth-order valence-corrected chi connectivity index (χ4v) is 3.41. The summed E-state index contributed by atoms with van der Waals surface area (Å²) in [7, 11) is 0. The first-order chi connectivity index (χ1) is 11.8. The molecule has 0 spiro atoms. The third-order valence-corrected chi connectivity index (χ3v) is 4.68. The van der Waals surface area contributed by atoms with E-state index in [1.54, 1.807) is 6.20 Å². The molecule has 0 saturated heterocycles. The predicted molar refractivity (Wildman–Crippen MR) is 94.5 cm³/mol. The molecule has 116 valence electrons. The van der Waals surface area contributed by atoms with Gasteiger partial charge in [0, 0.05) is 18.0 Å². The summed E-state index contributed by atoms with van der Waals surface area (Å²) in [5.74, 6) is 0.942. The van der Waals surface area contributed by atoms with Crippen LogP contribution in [-0.2, 0) is 6.42 Å². The van der Waals surface area contributed by atoms with Crippen LogP contribution in [-0.4, -0.2) is 16.6 Å². The molecule has 0 aliphatic carbocycles. The van der Waals surface area contributed by atoms with E-state index in [-0.39, 0.29) is 0 Å². The molecule has 24 heavy (non-hydrogen) atoms. The molecule has 2 aromatic heterocycles. The van der Waals surface area contributed by atoms with Crippen molar-refractivity contribution < 1.29 is 4.74 Å². The van der Waals surface area contributed by atoms with E-state index >= 15 is 0 Å². The van der Waals surface area contributed by atoms with Crippen molar-refractivity contribution in [3.63, 3.8) is 0 Å². The number of hydrogen-bond acceptors (Lipinski definition) is 5. The topological polar surface area (TPSA) is 58.8 Å². The van der Waals surface area contributed by atoms with Crippen LogP contribution < -0.4 is 4.74 Å². The molecule has 3 heterocycles. The summed E-state index contributed by atoms with van der Waals surface area (Å²) in [6.07, 6.45) is 4.53. The molecule has 5 heteroatoms. The average molecular weight is 331 g/mol. The quantitative estimate of drug-likeness (QED) is 0.675. The molecular weight excluding hydrogens is 318 g/mol. The largest absolute Gasteiger partial charge is 0.493 e. The number of ether oxygens (including phenoxy) is 1. The number of aromatic nitrogens is 2. The molecule has 0 amide bonds. The smallest absolute Gasteiger partial charge is 0.134 e. The SMILES string of the molecule is N#CC(=Cc1ccc2c(c1)CCO2)c1nc(-c2ccccn2)cs1. The van der Waals surface area contributed by atoms with E-state index in [1.165, 1.54) is 16.9 Å². The van der Waals surface area contributed by atoms with Crippen molar-refractivity contribution in [2.45, 2.75) is 6.42 Å². The van der Waals surface area contributed by atoms with Gasteiger partial charge in [-0.25, -0.2) is 4.98 Å². The zero-order chi connectivity index (χ0) is 16.4. The van der Waals surface area contributed by atoms with Gasteiger partial charge in [0.25, 0.3) is 0 Å². The first kappa shape index (κ1) is 14.6. The molecule has 4 nitrogen and oxygen atoms in total. The highest BCUT2D eigenvalue weighted by molar-refractivity contribution is 7.11. The summed E-state index contributed by atoms with van der Waals surface area (Å²) in [5, 5.41) is 12.2. The number of pyridine rings is 1. The Morgan fingerprint density at radius 3 is 3.04 bits per heavy atom.